The monoisotopic (exact) mass is 496 g/mol. The third kappa shape index (κ3) is 6.85. The molecule has 0 radical (unpaired) electrons. The summed E-state index contributed by atoms with van der Waals surface area (Å²) >= 11 is 7.02. The molecule has 0 aliphatic rings. The Bertz CT molecular complexity index is 801. The SMILES string of the molecule is Cc1ccc(NC(=O)NCCCOc2ccc(C(C)(C)C)cc2Br)c(Br)c1. The van der Waals surface area contributed by atoms with Crippen molar-refractivity contribution in [2.24, 2.45) is 0 Å². The van der Waals surface area contributed by atoms with Gasteiger partial charge in [-0.05, 0) is 86.0 Å². The van der Waals surface area contributed by atoms with E-state index in [-0.39, 0.29) is 11.4 Å². The summed E-state index contributed by atoms with van der Waals surface area (Å²) in [6.45, 7) is 9.61. The Kier molecular flexibility index (Phi) is 7.74. The molecule has 0 atom stereocenters. The molecule has 0 unspecified atom stereocenters. The highest BCUT2D eigenvalue weighted by Crippen LogP contribution is 2.31. The lowest BCUT2D eigenvalue weighted by Crippen LogP contribution is -2.30. The molecule has 0 saturated carbocycles. The normalized spacial score (nSPS) is 11.2. The molecule has 0 heterocycles. The number of nitrogens with one attached hydrogen (secondary N) is 2. The Labute approximate surface area is 178 Å². The zero-order valence-corrected chi connectivity index (χ0v) is 19.3. The number of benzene rings is 2. The van der Waals surface area contributed by atoms with Gasteiger partial charge in [-0.15, -0.1) is 0 Å². The third-order valence-corrected chi connectivity index (χ3v) is 5.31. The van der Waals surface area contributed by atoms with Crippen molar-refractivity contribution in [3.05, 3.63) is 56.5 Å². The Morgan fingerprint density at radius 2 is 1.81 bits per heavy atom. The second-order valence-corrected chi connectivity index (χ2v) is 9.17. The summed E-state index contributed by atoms with van der Waals surface area (Å²) < 4.78 is 7.62. The molecule has 0 aliphatic carbocycles. The molecule has 2 amide bonds. The summed E-state index contributed by atoms with van der Waals surface area (Å²) in [4.78, 5) is 12.0. The van der Waals surface area contributed by atoms with Crippen LogP contribution < -0.4 is 15.4 Å². The van der Waals surface area contributed by atoms with Crippen LogP contribution in [-0.4, -0.2) is 19.2 Å². The Balaban J connectivity index is 1.73. The van der Waals surface area contributed by atoms with E-state index in [9.17, 15) is 4.79 Å². The fraction of sp³-hybridized carbons (Fsp3) is 0.381. The number of aryl methyl sites for hydroxylation is 1. The van der Waals surface area contributed by atoms with Gasteiger partial charge in [-0.3, -0.25) is 0 Å². The van der Waals surface area contributed by atoms with Crippen LogP contribution in [0.2, 0.25) is 0 Å². The molecule has 2 aromatic rings. The van der Waals surface area contributed by atoms with Gasteiger partial charge in [-0.2, -0.15) is 0 Å². The lowest BCUT2D eigenvalue weighted by molar-refractivity contribution is 0.250. The number of halogens is 2. The number of anilines is 1. The van der Waals surface area contributed by atoms with Crippen molar-refractivity contribution in [2.45, 2.75) is 39.5 Å². The molecule has 4 nitrogen and oxygen atoms in total. The number of carbonyl (C=O) groups excluding carboxylic acids is 1. The topological polar surface area (TPSA) is 50.4 Å². The number of amides is 2. The standard InChI is InChI=1S/C21H26Br2N2O2/c1-14-6-8-18(16(22)12-14)25-20(26)24-10-5-11-27-19-9-7-15(13-17(19)23)21(2,3)4/h6-9,12-13H,5,10-11H2,1-4H3,(H2,24,25,26). The van der Waals surface area contributed by atoms with Gasteiger partial charge in [0.2, 0.25) is 0 Å². The molecular formula is C21H26Br2N2O2. The summed E-state index contributed by atoms with van der Waals surface area (Å²) in [5.74, 6) is 0.816. The van der Waals surface area contributed by atoms with Gasteiger partial charge in [0.1, 0.15) is 5.75 Å². The molecule has 6 heteroatoms. The van der Waals surface area contributed by atoms with Crippen LogP contribution >= 0.6 is 31.9 Å². The Morgan fingerprint density at radius 1 is 1.07 bits per heavy atom. The van der Waals surface area contributed by atoms with Crippen LogP contribution in [0.4, 0.5) is 10.5 Å². The van der Waals surface area contributed by atoms with Crippen molar-refractivity contribution in [1.82, 2.24) is 5.32 Å². The van der Waals surface area contributed by atoms with Crippen LogP contribution in [0.15, 0.2) is 45.3 Å². The van der Waals surface area contributed by atoms with E-state index >= 15 is 0 Å². The first-order valence-corrected chi connectivity index (χ1v) is 10.5. The number of hydrogen-bond acceptors (Lipinski definition) is 2. The average molecular weight is 498 g/mol. The van der Waals surface area contributed by atoms with Crippen LogP contribution in [0.3, 0.4) is 0 Å². The van der Waals surface area contributed by atoms with Crippen LogP contribution in [-0.2, 0) is 5.41 Å². The molecule has 0 aliphatic heterocycles. The minimum absolute atomic E-state index is 0.102. The zero-order valence-electron chi connectivity index (χ0n) is 16.2. The molecule has 0 aromatic heterocycles. The van der Waals surface area contributed by atoms with Gasteiger partial charge in [0, 0.05) is 11.0 Å². The van der Waals surface area contributed by atoms with Gasteiger partial charge in [-0.25, -0.2) is 4.79 Å². The van der Waals surface area contributed by atoms with Crippen molar-refractivity contribution in [2.75, 3.05) is 18.5 Å². The number of urea groups is 1. The summed E-state index contributed by atoms with van der Waals surface area (Å²) in [5.41, 5.74) is 3.23. The van der Waals surface area contributed by atoms with Crippen molar-refractivity contribution in [3.63, 3.8) is 0 Å². The quantitative estimate of drug-likeness (QED) is 0.453. The lowest BCUT2D eigenvalue weighted by Gasteiger charge is -2.20. The van der Waals surface area contributed by atoms with E-state index in [1.54, 1.807) is 0 Å². The number of ether oxygens (including phenoxy) is 1. The third-order valence-electron chi connectivity index (χ3n) is 4.03. The van der Waals surface area contributed by atoms with E-state index in [0.717, 1.165) is 32.4 Å². The molecular weight excluding hydrogens is 472 g/mol. The molecule has 0 bridgehead atoms. The predicted octanol–water partition coefficient (Wildman–Crippen LogP) is 6.41. The summed E-state index contributed by atoms with van der Waals surface area (Å²) in [6.07, 6.45) is 0.718. The lowest BCUT2D eigenvalue weighted by atomic mass is 9.87. The fourth-order valence-corrected chi connectivity index (χ4v) is 3.51. The van der Waals surface area contributed by atoms with Gasteiger partial charge in [-0.1, -0.05) is 32.9 Å². The number of hydrogen-bond donors (Lipinski definition) is 2. The molecule has 2 N–H and O–H groups in total. The summed E-state index contributed by atoms with van der Waals surface area (Å²) in [6, 6.07) is 11.7. The first-order valence-electron chi connectivity index (χ1n) is 8.90. The van der Waals surface area contributed by atoms with E-state index in [1.807, 2.05) is 31.2 Å². The van der Waals surface area contributed by atoms with Gasteiger partial charge in [0.25, 0.3) is 0 Å². The van der Waals surface area contributed by atoms with Crippen LogP contribution in [0, 0.1) is 6.92 Å². The van der Waals surface area contributed by atoms with Crippen LogP contribution in [0.5, 0.6) is 5.75 Å². The van der Waals surface area contributed by atoms with Crippen molar-refractivity contribution < 1.29 is 9.53 Å². The molecule has 0 saturated heterocycles. The highest BCUT2D eigenvalue weighted by atomic mass is 79.9. The van der Waals surface area contributed by atoms with E-state index in [0.29, 0.717) is 13.2 Å². The Hall–Kier alpha value is -1.53. The maximum Gasteiger partial charge on any atom is 0.319 e. The van der Waals surface area contributed by atoms with Crippen LogP contribution in [0.1, 0.15) is 38.3 Å². The number of carbonyl (C=O) groups is 1. The molecule has 146 valence electrons. The van der Waals surface area contributed by atoms with E-state index < -0.39 is 0 Å². The van der Waals surface area contributed by atoms with Crippen molar-refractivity contribution >= 4 is 43.6 Å². The minimum atomic E-state index is -0.227. The second kappa shape index (κ2) is 9.60. The highest BCUT2D eigenvalue weighted by molar-refractivity contribution is 9.11. The molecule has 2 rings (SSSR count). The largest absolute Gasteiger partial charge is 0.492 e. The minimum Gasteiger partial charge on any atom is -0.492 e. The predicted molar refractivity (Wildman–Crippen MR) is 119 cm³/mol. The van der Waals surface area contributed by atoms with Gasteiger partial charge in [0.05, 0.1) is 16.8 Å². The van der Waals surface area contributed by atoms with E-state index in [4.69, 9.17) is 4.74 Å². The first-order chi connectivity index (χ1) is 12.7. The Morgan fingerprint density at radius 3 is 2.44 bits per heavy atom. The van der Waals surface area contributed by atoms with E-state index in [2.05, 4.69) is 75.4 Å². The molecule has 2 aromatic carbocycles. The smallest absolute Gasteiger partial charge is 0.319 e. The molecule has 0 spiro atoms. The van der Waals surface area contributed by atoms with Gasteiger partial charge >= 0.3 is 6.03 Å². The van der Waals surface area contributed by atoms with Crippen LogP contribution in [0.25, 0.3) is 0 Å². The fourth-order valence-electron chi connectivity index (χ4n) is 2.43. The van der Waals surface area contributed by atoms with Crippen molar-refractivity contribution in [3.8, 4) is 5.75 Å². The second-order valence-electron chi connectivity index (χ2n) is 7.46. The summed E-state index contributed by atoms with van der Waals surface area (Å²) in [5, 5.41) is 5.67. The average Bonchev–Trinajstić information content (AvgIpc) is 2.57. The van der Waals surface area contributed by atoms with E-state index in [1.165, 1.54) is 5.56 Å². The van der Waals surface area contributed by atoms with Crippen molar-refractivity contribution in [1.29, 1.82) is 0 Å². The zero-order chi connectivity index (χ0) is 20.0. The number of rotatable bonds is 6. The highest BCUT2D eigenvalue weighted by Gasteiger charge is 2.15. The summed E-state index contributed by atoms with van der Waals surface area (Å²) in [7, 11) is 0. The molecule has 27 heavy (non-hydrogen) atoms. The maximum atomic E-state index is 12.0. The maximum absolute atomic E-state index is 12.0. The van der Waals surface area contributed by atoms with Gasteiger partial charge in [0.15, 0.2) is 0 Å². The first kappa shape index (κ1) is 21.8. The van der Waals surface area contributed by atoms with Gasteiger partial charge < -0.3 is 15.4 Å². The molecule has 0 fully saturated rings.